The van der Waals surface area contributed by atoms with Crippen LogP contribution in [0.5, 0.6) is 11.5 Å². The number of amides is 4. The average molecular weight is 437 g/mol. The van der Waals surface area contributed by atoms with Crippen LogP contribution >= 0.6 is 0 Å². The number of aromatic nitrogens is 1. The Hall–Kier alpha value is -3.82. The molecule has 5 rings (SSSR count). The number of nitrogens with one attached hydrogen (secondary N) is 1. The minimum absolute atomic E-state index is 0.0498. The first kappa shape index (κ1) is 20.1. The van der Waals surface area contributed by atoms with Gasteiger partial charge in [0.2, 0.25) is 12.7 Å². The minimum Gasteiger partial charge on any atom is -0.454 e. The van der Waals surface area contributed by atoms with Crippen molar-refractivity contribution in [1.29, 1.82) is 0 Å². The van der Waals surface area contributed by atoms with Gasteiger partial charge in [-0.05, 0) is 29.8 Å². The average Bonchev–Trinajstić information content (AvgIpc) is 3.39. The second-order valence-electron chi connectivity index (χ2n) is 7.87. The van der Waals surface area contributed by atoms with Crippen LogP contribution in [0, 0.1) is 0 Å². The Balaban J connectivity index is 1.16. The number of nitrogens with zero attached hydrogens (tertiary/aromatic N) is 4. The first-order chi connectivity index (χ1) is 15.6. The molecule has 32 heavy (non-hydrogen) atoms. The standard InChI is InChI=1S/C22H23N5O5/c28-20(26-9-7-25(8-10-26)19-3-1-2-6-23-19)12-16-21(29)27(22(30)24-16)13-15-4-5-17-18(11-15)32-14-31-17/h1-6,11,16H,7-10,12-14H2,(H,24,30)/t16-/m0/s1. The van der Waals surface area contributed by atoms with Crippen LogP contribution < -0.4 is 19.7 Å². The molecule has 0 aliphatic carbocycles. The third-order valence-electron chi connectivity index (χ3n) is 5.87. The smallest absolute Gasteiger partial charge is 0.325 e. The summed E-state index contributed by atoms with van der Waals surface area (Å²) in [5.74, 6) is 1.57. The number of fused-ring (bicyclic) bond motifs is 1. The third kappa shape index (κ3) is 3.91. The van der Waals surface area contributed by atoms with E-state index in [4.69, 9.17) is 9.47 Å². The SMILES string of the molecule is O=C(C[C@@H]1NC(=O)N(Cc2ccc3c(c2)OCO3)C1=O)N1CCN(c2ccccn2)CC1. The minimum atomic E-state index is -0.849. The second kappa shape index (κ2) is 8.37. The number of hydrogen-bond acceptors (Lipinski definition) is 7. The molecule has 1 aromatic carbocycles. The van der Waals surface area contributed by atoms with Gasteiger partial charge in [0.05, 0.1) is 13.0 Å². The fourth-order valence-corrected chi connectivity index (χ4v) is 4.12. The number of imide groups is 1. The molecule has 1 atom stereocenters. The molecule has 4 heterocycles. The van der Waals surface area contributed by atoms with Crippen LogP contribution in [0.15, 0.2) is 42.6 Å². The number of pyridine rings is 1. The molecule has 1 aromatic heterocycles. The largest absolute Gasteiger partial charge is 0.454 e. The Bertz CT molecular complexity index is 1040. The fourth-order valence-electron chi connectivity index (χ4n) is 4.12. The van der Waals surface area contributed by atoms with Gasteiger partial charge in [0.1, 0.15) is 11.9 Å². The van der Waals surface area contributed by atoms with E-state index in [0.29, 0.717) is 37.7 Å². The number of carbonyl (C=O) groups excluding carboxylic acids is 3. The first-order valence-corrected chi connectivity index (χ1v) is 10.5. The van der Waals surface area contributed by atoms with Crippen LogP contribution in [0.25, 0.3) is 0 Å². The van der Waals surface area contributed by atoms with E-state index in [-0.39, 0.29) is 25.7 Å². The van der Waals surface area contributed by atoms with Crippen molar-refractivity contribution in [1.82, 2.24) is 20.1 Å². The van der Waals surface area contributed by atoms with E-state index in [1.807, 2.05) is 18.2 Å². The number of ether oxygens (including phenoxy) is 2. The van der Waals surface area contributed by atoms with Crippen LogP contribution in [-0.2, 0) is 16.1 Å². The van der Waals surface area contributed by atoms with E-state index >= 15 is 0 Å². The van der Waals surface area contributed by atoms with E-state index in [9.17, 15) is 14.4 Å². The number of carbonyl (C=O) groups is 3. The molecule has 2 aromatic rings. The van der Waals surface area contributed by atoms with Gasteiger partial charge < -0.3 is 24.6 Å². The number of rotatable bonds is 5. The zero-order chi connectivity index (χ0) is 22.1. The lowest BCUT2D eigenvalue weighted by atomic mass is 10.1. The summed E-state index contributed by atoms with van der Waals surface area (Å²) < 4.78 is 10.6. The Morgan fingerprint density at radius 3 is 2.66 bits per heavy atom. The Labute approximate surface area is 184 Å². The highest BCUT2D eigenvalue weighted by Gasteiger charge is 2.40. The van der Waals surface area contributed by atoms with Gasteiger partial charge in [-0.3, -0.25) is 14.5 Å². The molecule has 3 aliphatic heterocycles. The lowest BCUT2D eigenvalue weighted by molar-refractivity contribution is -0.136. The van der Waals surface area contributed by atoms with Crippen molar-refractivity contribution in [2.24, 2.45) is 0 Å². The molecule has 10 heteroatoms. The second-order valence-corrected chi connectivity index (χ2v) is 7.87. The molecule has 0 radical (unpaired) electrons. The number of anilines is 1. The Morgan fingerprint density at radius 1 is 1.06 bits per heavy atom. The third-order valence-corrected chi connectivity index (χ3v) is 5.87. The molecule has 0 spiro atoms. The highest BCUT2D eigenvalue weighted by molar-refractivity contribution is 6.05. The van der Waals surface area contributed by atoms with E-state index in [1.165, 1.54) is 0 Å². The van der Waals surface area contributed by atoms with Gasteiger partial charge in [-0.25, -0.2) is 9.78 Å². The van der Waals surface area contributed by atoms with E-state index in [2.05, 4.69) is 15.2 Å². The molecule has 0 unspecified atom stereocenters. The van der Waals surface area contributed by atoms with Gasteiger partial charge in [0.15, 0.2) is 11.5 Å². The van der Waals surface area contributed by atoms with Crippen LogP contribution in [0.1, 0.15) is 12.0 Å². The van der Waals surface area contributed by atoms with E-state index < -0.39 is 18.0 Å². The molecule has 4 amide bonds. The topological polar surface area (TPSA) is 104 Å². The first-order valence-electron chi connectivity index (χ1n) is 10.5. The van der Waals surface area contributed by atoms with Crippen molar-refractivity contribution < 1.29 is 23.9 Å². The highest BCUT2D eigenvalue weighted by atomic mass is 16.7. The van der Waals surface area contributed by atoms with E-state index in [1.54, 1.807) is 29.3 Å². The lowest BCUT2D eigenvalue weighted by Crippen LogP contribution is -2.50. The van der Waals surface area contributed by atoms with Crippen LogP contribution in [-0.4, -0.2) is 71.6 Å². The zero-order valence-electron chi connectivity index (χ0n) is 17.4. The van der Waals surface area contributed by atoms with Gasteiger partial charge in [-0.15, -0.1) is 0 Å². The van der Waals surface area contributed by atoms with Crippen LogP contribution in [0.2, 0.25) is 0 Å². The molecule has 166 valence electrons. The molecule has 0 saturated carbocycles. The van der Waals surface area contributed by atoms with Crippen molar-refractivity contribution in [2.45, 2.75) is 19.0 Å². The number of hydrogen-bond donors (Lipinski definition) is 1. The predicted octanol–water partition coefficient (Wildman–Crippen LogP) is 0.970. The van der Waals surface area contributed by atoms with Gasteiger partial charge in [-0.1, -0.05) is 12.1 Å². The normalized spacial score (nSPS) is 20.0. The van der Waals surface area contributed by atoms with Crippen molar-refractivity contribution >= 4 is 23.7 Å². The summed E-state index contributed by atoms with van der Waals surface area (Å²) in [6, 6.07) is 9.69. The number of piperazine rings is 1. The van der Waals surface area contributed by atoms with Gasteiger partial charge in [0, 0.05) is 32.4 Å². The summed E-state index contributed by atoms with van der Waals surface area (Å²) in [6.07, 6.45) is 1.70. The molecular formula is C22H23N5O5. The maximum Gasteiger partial charge on any atom is 0.325 e. The molecule has 3 aliphatic rings. The van der Waals surface area contributed by atoms with E-state index in [0.717, 1.165) is 16.3 Å². The summed E-state index contributed by atoms with van der Waals surface area (Å²) in [5, 5.41) is 2.64. The predicted molar refractivity (Wildman–Crippen MR) is 113 cm³/mol. The van der Waals surface area contributed by atoms with Crippen LogP contribution in [0.3, 0.4) is 0 Å². The molecule has 0 bridgehead atoms. The molecule has 2 saturated heterocycles. The summed E-state index contributed by atoms with van der Waals surface area (Å²) in [5.41, 5.74) is 0.746. The Kier molecular flexibility index (Phi) is 5.26. The lowest BCUT2D eigenvalue weighted by Gasteiger charge is -2.35. The zero-order valence-corrected chi connectivity index (χ0v) is 17.4. The summed E-state index contributed by atoms with van der Waals surface area (Å²) in [7, 11) is 0. The summed E-state index contributed by atoms with van der Waals surface area (Å²) >= 11 is 0. The summed E-state index contributed by atoms with van der Waals surface area (Å²) in [4.78, 5) is 47.3. The van der Waals surface area contributed by atoms with Crippen LogP contribution in [0.4, 0.5) is 10.6 Å². The summed E-state index contributed by atoms with van der Waals surface area (Å²) in [6.45, 7) is 2.70. The quantitative estimate of drug-likeness (QED) is 0.695. The number of benzene rings is 1. The maximum atomic E-state index is 12.8. The van der Waals surface area contributed by atoms with Crippen molar-refractivity contribution in [2.75, 3.05) is 37.9 Å². The molecule has 10 nitrogen and oxygen atoms in total. The number of urea groups is 1. The maximum absolute atomic E-state index is 12.8. The Morgan fingerprint density at radius 2 is 1.88 bits per heavy atom. The highest BCUT2D eigenvalue weighted by Crippen LogP contribution is 2.33. The molecule has 2 fully saturated rings. The van der Waals surface area contributed by atoms with Crippen molar-refractivity contribution in [3.8, 4) is 11.5 Å². The van der Waals surface area contributed by atoms with Crippen molar-refractivity contribution in [3.05, 3.63) is 48.2 Å². The molecular weight excluding hydrogens is 414 g/mol. The van der Waals surface area contributed by atoms with Gasteiger partial charge in [-0.2, -0.15) is 0 Å². The van der Waals surface area contributed by atoms with Gasteiger partial charge >= 0.3 is 6.03 Å². The molecule has 1 N–H and O–H groups in total. The van der Waals surface area contributed by atoms with Crippen molar-refractivity contribution in [3.63, 3.8) is 0 Å². The fraction of sp³-hybridized carbons (Fsp3) is 0.364. The monoisotopic (exact) mass is 437 g/mol. The van der Waals surface area contributed by atoms with Gasteiger partial charge in [0.25, 0.3) is 5.91 Å².